The third kappa shape index (κ3) is 2.71. The van der Waals surface area contributed by atoms with Crippen molar-refractivity contribution < 1.29 is 4.79 Å². The van der Waals surface area contributed by atoms with E-state index in [1.807, 2.05) is 21.0 Å². The van der Waals surface area contributed by atoms with E-state index < -0.39 is 0 Å². The summed E-state index contributed by atoms with van der Waals surface area (Å²) in [4.78, 5) is 23.4. The van der Waals surface area contributed by atoms with Crippen LogP contribution in [0.25, 0.3) is 11.2 Å². The monoisotopic (exact) mass is 340 g/mol. The van der Waals surface area contributed by atoms with Gasteiger partial charge in [-0.3, -0.25) is 9.36 Å². The Morgan fingerprint density at radius 1 is 1.28 bits per heavy atom. The molecular formula is C16H20N8O. The standard InChI is InChI=1S/C16H20N8O/c1-2-24-14-13(21-16(24)17)7-11(8-18-14)15(25)22-5-3-12(4-6-22)23-9-19-20-10-23/h7-10,12H,2-6H2,1H3,(H2,17,21). The van der Waals surface area contributed by atoms with E-state index in [1.54, 1.807) is 24.9 Å². The van der Waals surface area contributed by atoms with E-state index >= 15 is 0 Å². The minimum absolute atomic E-state index is 0.0128. The summed E-state index contributed by atoms with van der Waals surface area (Å²) in [5, 5.41) is 7.70. The highest BCUT2D eigenvalue weighted by Gasteiger charge is 2.25. The molecule has 9 nitrogen and oxygen atoms in total. The molecule has 1 aliphatic rings. The summed E-state index contributed by atoms with van der Waals surface area (Å²) in [5.74, 6) is 0.408. The number of aromatic nitrogens is 6. The summed E-state index contributed by atoms with van der Waals surface area (Å²) in [6.45, 7) is 4.08. The number of hydrogen-bond donors (Lipinski definition) is 1. The van der Waals surface area contributed by atoms with Gasteiger partial charge in [-0.1, -0.05) is 0 Å². The van der Waals surface area contributed by atoms with Gasteiger partial charge < -0.3 is 15.2 Å². The first-order valence-electron chi connectivity index (χ1n) is 8.42. The van der Waals surface area contributed by atoms with Crippen LogP contribution in [0.15, 0.2) is 24.9 Å². The van der Waals surface area contributed by atoms with Gasteiger partial charge in [0.2, 0.25) is 5.95 Å². The molecule has 0 radical (unpaired) electrons. The molecular weight excluding hydrogens is 320 g/mol. The molecule has 0 unspecified atom stereocenters. The Balaban J connectivity index is 1.50. The third-order valence-corrected chi connectivity index (χ3v) is 4.79. The fourth-order valence-corrected chi connectivity index (χ4v) is 3.40. The van der Waals surface area contributed by atoms with Crippen LogP contribution in [0.3, 0.4) is 0 Å². The van der Waals surface area contributed by atoms with Gasteiger partial charge >= 0.3 is 0 Å². The molecule has 3 aromatic heterocycles. The van der Waals surface area contributed by atoms with Gasteiger partial charge in [-0.05, 0) is 25.8 Å². The molecule has 1 amide bonds. The lowest BCUT2D eigenvalue weighted by molar-refractivity contribution is 0.0694. The third-order valence-electron chi connectivity index (χ3n) is 4.79. The fourth-order valence-electron chi connectivity index (χ4n) is 3.40. The largest absolute Gasteiger partial charge is 0.369 e. The number of rotatable bonds is 3. The van der Waals surface area contributed by atoms with Crippen LogP contribution in [0.5, 0.6) is 0 Å². The van der Waals surface area contributed by atoms with Crippen LogP contribution in [0.1, 0.15) is 36.2 Å². The topological polar surface area (TPSA) is 108 Å². The number of likely N-dealkylation sites (tertiary alicyclic amines) is 1. The molecule has 130 valence electrons. The summed E-state index contributed by atoms with van der Waals surface area (Å²) in [5.41, 5.74) is 7.82. The minimum Gasteiger partial charge on any atom is -0.369 e. The number of amides is 1. The number of nitrogens with zero attached hydrogens (tertiary/aromatic N) is 7. The van der Waals surface area contributed by atoms with Crippen LogP contribution >= 0.6 is 0 Å². The molecule has 4 rings (SSSR count). The number of nitrogen functional groups attached to an aromatic ring is 1. The van der Waals surface area contributed by atoms with E-state index in [9.17, 15) is 4.79 Å². The Morgan fingerprint density at radius 3 is 2.68 bits per heavy atom. The lowest BCUT2D eigenvalue weighted by Gasteiger charge is -2.32. The average Bonchev–Trinajstić information content (AvgIpc) is 3.27. The number of imidazole rings is 1. The number of aryl methyl sites for hydroxylation is 1. The van der Waals surface area contributed by atoms with Crippen LogP contribution in [0.2, 0.25) is 0 Å². The highest BCUT2D eigenvalue weighted by molar-refractivity contribution is 5.96. The van der Waals surface area contributed by atoms with Crippen LogP contribution in [-0.2, 0) is 6.54 Å². The predicted octanol–water partition coefficient (Wildman–Crippen LogP) is 1.10. The van der Waals surface area contributed by atoms with Crippen molar-refractivity contribution in [2.24, 2.45) is 0 Å². The maximum atomic E-state index is 12.8. The van der Waals surface area contributed by atoms with E-state index in [0.717, 1.165) is 12.8 Å². The number of fused-ring (bicyclic) bond motifs is 1. The highest BCUT2D eigenvalue weighted by atomic mass is 16.2. The molecule has 0 aliphatic carbocycles. The van der Waals surface area contributed by atoms with Crippen molar-refractivity contribution >= 4 is 23.0 Å². The minimum atomic E-state index is -0.0128. The van der Waals surface area contributed by atoms with Crippen molar-refractivity contribution in [1.29, 1.82) is 0 Å². The molecule has 0 spiro atoms. The molecule has 0 aromatic carbocycles. The van der Waals surface area contributed by atoms with Crippen molar-refractivity contribution in [2.45, 2.75) is 32.4 Å². The molecule has 3 aromatic rings. The van der Waals surface area contributed by atoms with Crippen molar-refractivity contribution in [3.05, 3.63) is 30.5 Å². The molecule has 25 heavy (non-hydrogen) atoms. The number of pyridine rings is 1. The number of nitrogens with two attached hydrogens (primary N) is 1. The summed E-state index contributed by atoms with van der Waals surface area (Å²) in [6, 6.07) is 2.12. The van der Waals surface area contributed by atoms with Crippen LogP contribution in [-0.4, -0.2) is 53.2 Å². The molecule has 4 heterocycles. The number of hydrogen-bond acceptors (Lipinski definition) is 6. The Labute approximate surface area is 144 Å². The van der Waals surface area contributed by atoms with Crippen LogP contribution in [0.4, 0.5) is 5.95 Å². The van der Waals surface area contributed by atoms with E-state index in [2.05, 4.69) is 20.2 Å². The van der Waals surface area contributed by atoms with Crippen molar-refractivity contribution in [3.8, 4) is 0 Å². The van der Waals surface area contributed by atoms with Gasteiger partial charge in [-0.2, -0.15) is 0 Å². The quantitative estimate of drug-likeness (QED) is 0.765. The van der Waals surface area contributed by atoms with Gasteiger partial charge in [0.25, 0.3) is 5.91 Å². The zero-order valence-electron chi connectivity index (χ0n) is 14.0. The number of anilines is 1. The highest BCUT2D eigenvalue weighted by Crippen LogP contribution is 2.24. The smallest absolute Gasteiger partial charge is 0.255 e. The fraction of sp³-hybridized carbons (Fsp3) is 0.438. The van der Waals surface area contributed by atoms with Crippen LogP contribution in [0, 0.1) is 0 Å². The SMILES string of the molecule is CCn1c(N)nc2cc(C(=O)N3CCC(n4cnnc4)CC3)cnc21. The van der Waals surface area contributed by atoms with E-state index in [-0.39, 0.29) is 5.91 Å². The van der Waals surface area contributed by atoms with E-state index in [4.69, 9.17) is 5.73 Å². The first kappa shape index (κ1) is 15.6. The Bertz CT molecular complexity index is 892. The Morgan fingerprint density at radius 2 is 2.00 bits per heavy atom. The molecule has 1 fully saturated rings. The number of piperidine rings is 1. The Hall–Kier alpha value is -2.97. The molecule has 0 saturated carbocycles. The molecule has 0 atom stereocenters. The maximum Gasteiger partial charge on any atom is 0.255 e. The van der Waals surface area contributed by atoms with Gasteiger partial charge in [0.1, 0.15) is 18.2 Å². The van der Waals surface area contributed by atoms with Crippen molar-refractivity contribution in [2.75, 3.05) is 18.8 Å². The number of carbonyl (C=O) groups is 1. The lowest BCUT2D eigenvalue weighted by Crippen LogP contribution is -2.39. The molecule has 0 bridgehead atoms. The summed E-state index contributed by atoms with van der Waals surface area (Å²) >= 11 is 0. The first-order chi connectivity index (χ1) is 12.2. The summed E-state index contributed by atoms with van der Waals surface area (Å²) < 4.78 is 3.84. The van der Waals surface area contributed by atoms with Crippen LogP contribution < -0.4 is 5.73 Å². The van der Waals surface area contributed by atoms with Gasteiger partial charge in [-0.15, -0.1) is 10.2 Å². The molecule has 2 N–H and O–H groups in total. The number of carbonyl (C=O) groups excluding carboxylic acids is 1. The van der Waals surface area contributed by atoms with Gasteiger partial charge in [0.15, 0.2) is 5.65 Å². The van der Waals surface area contributed by atoms with Gasteiger partial charge in [0.05, 0.1) is 5.56 Å². The zero-order chi connectivity index (χ0) is 17.4. The second-order valence-corrected chi connectivity index (χ2v) is 6.21. The maximum absolute atomic E-state index is 12.8. The lowest BCUT2D eigenvalue weighted by atomic mass is 10.0. The predicted molar refractivity (Wildman–Crippen MR) is 91.8 cm³/mol. The second-order valence-electron chi connectivity index (χ2n) is 6.21. The molecule has 9 heteroatoms. The van der Waals surface area contributed by atoms with E-state index in [0.29, 0.717) is 48.4 Å². The molecule has 1 aliphatic heterocycles. The van der Waals surface area contributed by atoms with Crippen molar-refractivity contribution in [1.82, 2.24) is 34.2 Å². The molecule has 1 saturated heterocycles. The Kier molecular flexibility index (Phi) is 3.83. The summed E-state index contributed by atoms with van der Waals surface area (Å²) in [7, 11) is 0. The van der Waals surface area contributed by atoms with E-state index in [1.165, 1.54) is 0 Å². The average molecular weight is 340 g/mol. The second kappa shape index (κ2) is 6.15. The first-order valence-corrected chi connectivity index (χ1v) is 8.42. The zero-order valence-corrected chi connectivity index (χ0v) is 14.0. The van der Waals surface area contributed by atoms with Crippen molar-refractivity contribution in [3.63, 3.8) is 0 Å². The van der Waals surface area contributed by atoms with Gasteiger partial charge in [0, 0.05) is 31.9 Å². The summed E-state index contributed by atoms with van der Waals surface area (Å²) in [6.07, 6.45) is 6.85. The normalized spacial score (nSPS) is 15.8. The van der Waals surface area contributed by atoms with Gasteiger partial charge in [-0.25, -0.2) is 9.97 Å².